The lowest BCUT2D eigenvalue weighted by atomic mass is 9.96. The molecule has 0 aliphatic carbocycles. The first-order valence-corrected chi connectivity index (χ1v) is 7.44. The van der Waals surface area contributed by atoms with Gasteiger partial charge >= 0.3 is 0 Å². The van der Waals surface area contributed by atoms with Crippen molar-refractivity contribution < 1.29 is 4.42 Å². The van der Waals surface area contributed by atoms with Crippen LogP contribution in [0.15, 0.2) is 27.8 Å². The summed E-state index contributed by atoms with van der Waals surface area (Å²) in [5.41, 5.74) is 0.809. The highest BCUT2D eigenvalue weighted by molar-refractivity contribution is 7.98. The van der Waals surface area contributed by atoms with Gasteiger partial charge in [-0.1, -0.05) is 44.1 Å². The Morgan fingerprint density at radius 1 is 1.32 bits per heavy atom. The molecule has 2 rings (SSSR count). The molecule has 2 aromatic rings. The smallest absolute Gasteiger partial charge is 0.136 e. The van der Waals surface area contributed by atoms with Gasteiger partial charge in [0.2, 0.25) is 0 Å². The molecular weight excluding hydrogens is 280 g/mol. The van der Waals surface area contributed by atoms with Crippen molar-refractivity contribution in [2.75, 3.05) is 0 Å². The molecule has 0 aromatic carbocycles. The fourth-order valence-corrected chi connectivity index (χ4v) is 2.61. The Balaban J connectivity index is 2.26. The lowest BCUT2D eigenvalue weighted by Gasteiger charge is -2.18. The Morgan fingerprint density at radius 3 is 2.63 bits per heavy atom. The minimum atomic E-state index is -0.114. The van der Waals surface area contributed by atoms with Crippen molar-refractivity contribution in [1.82, 2.24) is 9.97 Å². The van der Waals surface area contributed by atoms with Gasteiger partial charge in [0.25, 0.3) is 0 Å². The van der Waals surface area contributed by atoms with Crippen LogP contribution in [0.4, 0.5) is 0 Å². The van der Waals surface area contributed by atoms with E-state index in [1.54, 1.807) is 18.0 Å². The molecule has 0 atom stereocenters. The summed E-state index contributed by atoms with van der Waals surface area (Å²) < 4.78 is 5.33. The lowest BCUT2D eigenvalue weighted by Crippen LogP contribution is -2.17. The first-order valence-electron chi connectivity index (χ1n) is 6.07. The number of thioether (sulfide) groups is 1. The summed E-state index contributed by atoms with van der Waals surface area (Å²) in [4.78, 5) is 9.00. The standard InChI is InChI=1S/C14H17ClN2OS/c1-9-11(15)16-13(14(2,3)4)17-12(9)19-8-10-6-5-7-18-10/h5-7H,8H2,1-4H3. The molecule has 102 valence electrons. The van der Waals surface area contributed by atoms with Crippen molar-refractivity contribution in [3.8, 4) is 0 Å². The number of furan rings is 1. The fraction of sp³-hybridized carbons (Fsp3) is 0.429. The second kappa shape index (κ2) is 5.55. The van der Waals surface area contributed by atoms with Gasteiger partial charge in [-0.3, -0.25) is 0 Å². The topological polar surface area (TPSA) is 38.9 Å². The predicted octanol–water partition coefficient (Wildman–Crippen LogP) is 4.62. The van der Waals surface area contributed by atoms with Crippen molar-refractivity contribution in [3.05, 3.63) is 40.7 Å². The second-order valence-corrected chi connectivity index (χ2v) is 6.71. The summed E-state index contributed by atoms with van der Waals surface area (Å²) in [6.45, 7) is 8.18. The summed E-state index contributed by atoms with van der Waals surface area (Å²) in [5, 5.41) is 1.45. The van der Waals surface area contributed by atoms with Crippen LogP contribution in [0.3, 0.4) is 0 Å². The minimum Gasteiger partial charge on any atom is -0.468 e. The van der Waals surface area contributed by atoms with E-state index < -0.39 is 0 Å². The molecular formula is C14H17ClN2OS. The van der Waals surface area contributed by atoms with E-state index in [2.05, 4.69) is 30.7 Å². The van der Waals surface area contributed by atoms with E-state index >= 15 is 0 Å². The maximum atomic E-state index is 6.20. The molecule has 0 aliphatic rings. The molecule has 0 unspecified atom stereocenters. The van der Waals surface area contributed by atoms with Crippen molar-refractivity contribution in [1.29, 1.82) is 0 Å². The molecule has 5 heteroatoms. The van der Waals surface area contributed by atoms with E-state index in [1.165, 1.54) is 0 Å². The number of hydrogen-bond donors (Lipinski definition) is 0. The Labute approximate surface area is 122 Å². The number of halogens is 1. The molecule has 0 radical (unpaired) electrons. The molecule has 3 nitrogen and oxygen atoms in total. The third kappa shape index (κ3) is 3.51. The molecule has 19 heavy (non-hydrogen) atoms. The quantitative estimate of drug-likeness (QED) is 0.612. The van der Waals surface area contributed by atoms with Crippen LogP contribution in [0, 0.1) is 6.92 Å². The number of hydrogen-bond acceptors (Lipinski definition) is 4. The zero-order valence-electron chi connectivity index (χ0n) is 11.5. The van der Waals surface area contributed by atoms with Crippen molar-refractivity contribution in [3.63, 3.8) is 0 Å². The van der Waals surface area contributed by atoms with Gasteiger partial charge in [0.1, 0.15) is 21.8 Å². The summed E-state index contributed by atoms with van der Waals surface area (Å²) in [5.74, 6) is 2.44. The molecule has 0 saturated heterocycles. The fourth-order valence-electron chi connectivity index (χ4n) is 1.48. The van der Waals surface area contributed by atoms with E-state index in [0.29, 0.717) is 5.15 Å². The second-order valence-electron chi connectivity index (χ2n) is 5.39. The summed E-state index contributed by atoms with van der Waals surface area (Å²) >= 11 is 7.82. The summed E-state index contributed by atoms with van der Waals surface area (Å²) in [6.07, 6.45) is 1.68. The Hall–Kier alpha value is -1.00. The molecule has 0 spiro atoms. The van der Waals surface area contributed by atoms with Gasteiger partial charge in [0, 0.05) is 11.0 Å². The Bertz CT molecular complexity index is 562. The average Bonchev–Trinajstić information content (AvgIpc) is 2.82. The van der Waals surface area contributed by atoms with Crippen molar-refractivity contribution in [2.24, 2.45) is 0 Å². The molecule has 0 N–H and O–H groups in total. The highest BCUT2D eigenvalue weighted by atomic mass is 35.5. The van der Waals surface area contributed by atoms with Crippen LogP contribution in [-0.4, -0.2) is 9.97 Å². The molecule has 0 bridgehead atoms. The van der Waals surface area contributed by atoms with Gasteiger partial charge in [-0.2, -0.15) is 0 Å². The van der Waals surface area contributed by atoms with Crippen LogP contribution in [-0.2, 0) is 11.2 Å². The number of aromatic nitrogens is 2. The zero-order chi connectivity index (χ0) is 14.0. The third-order valence-electron chi connectivity index (χ3n) is 2.64. The largest absolute Gasteiger partial charge is 0.468 e. The minimum absolute atomic E-state index is 0.114. The molecule has 2 aromatic heterocycles. The highest BCUT2D eigenvalue weighted by Gasteiger charge is 2.20. The maximum absolute atomic E-state index is 6.20. The maximum Gasteiger partial charge on any atom is 0.136 e. The lowest BCUT2D eigenvalue weighted by molar-refractivity contribution is 0.529. The van der Waals surface area contributed by atoms with E-state index in [1.807, 2.05) is 19.1 Å². The van der Waals surface area contributed by atoms with E-state index in [9.17, 15) is 0 Å². The summed E-state index contributed by atoms with van der Waals surface area (Å²) in [6, 6.07) is 3.84. The Kier molecular flexibility index (Phi) is 4.21. The first kappa shape index (κ1) is 14.4. The van der Waals surface area contributed by atoms with Crippen LogP contribution >= 0.6 is 23.4 Å². The van der Waals surface area contributed by atoms with Crippen LogP contribution in [0.5, 0.6) is 0 Å². The zero-order valence-corrected chi connectivity index (χ0v) is 13.1. The van der Waals surface area contributed by atoms with Gasteiger partial charge < -0.3 is 4.42 Å². The van der Waals surface area contributed by atoms with Gasteiger partial charge in [0.05, 0.1) is 12.0 Å². The normalized spacial score (nSPS) is 11.8. The SMILES string of the molecule is Cc1c(Cl)nc(C(C)(C)C)nc1SCc1ccco1. The molecule has 2 heterocycles. The molecule has 0 amide bonds. The molecule has 0 aliphatic heterocycles. The van der Waals surface area contributed by atoms with Gasteiger partial charge in [0.15, 0.2) is 0 Å². The van der Waals surface area contributed by atoms with E-state index in [-0.39, 0.29) is 5.41 Å². The average molecular weight is 297 g/mol. The summed E-state index contributed by atoms with van der Waals surface area (Å²) in [7, 11) is 0. The molecule has 0 saturated carbocycles. The van der Waals surface area contributed by atoms with Crippen LogP contribution in [0.1, 0.15) is 37.9 Å². The third-order valence-corrected chi connectivity index (χ3v) is 4.11. The predicted molar refractivity (Wildman–Crippen MR) is 78.7 cm³/mol. The van der Waals surface area contributed by atoms with Crippen LogP contribution < -0.4 is 0 Å². The number of nitrogens with zero attached hydrogens (tertiary/aromatic N) is 2. The van der Waals surface area contributed by atoms with Crippen molar-refractivity contribution in [2.45, 2.75) is 43.9 Å². The van der Waals surface area contributed by atoms with E-state index in [0.717, 1.165) is 27.9 Å². The van der Waals surface area contributed by atoms with Gasteiger partial charge in [-0.05, 0) is 19.1 Å². The van der Waals surface area contributed by atoms with Gasteiger partial charge in [-0.15, -0.1) is 0 Å². The van der Waals surface area contributed by atoms with Crippen LogP contribution in [0.2, 0.25) is 5.15 Å². The first-order chi connectivity index (χ1) is 8.88. The number of rotatable bonds is 3. The highest BCUT2D eigenvalue weighted by Crippen LogP contribution is 2.30. The Morgan fingerprint density at radius 2 is 2.05 bits per heavy atom. The molecule has 0 fully saturated rings. The monoisotopic (exact) mass is 296 g/mol. The van der Waals surface area contributed by atoms with E-state index in [4.69, 9.17) is 16.0 Å². The van der Waals surface area contributed by atoms with Crippen LogP contribution in [0.25, 0.3) is 0 Å². The van der Waals surface area contributed by atoms with Crippen molar-refractivity contribution >= 4 is 23.4 Å². The van der Waals surface area contributed by atoms with Gasteiger partial charge in [-0.25, -0.2) is 9.97 Å².